The van der Waals surface area contributed by atoms with E-state index in [9.17, 15) is 9.59 Å². The zero-order valence-electron chi connectivity index (χ0n) is 16.5. The van der Waals surface area contributed by atoms with E-state index in [1.54, 1.807) is 49.3 Å². The van der Waals surface area contributed by atoms with Gasteiger partial charge in [0.2, 0.25) is 5.91 Å². The van der Waals surface area contributed by atoms with E-state index >= 15 is 0 Å². The van der Waals surface area contributed by atoms with Crippen LogP contribution in [0.1, 0.15) is 29.0 Å². The van der Waals surface area contributed by atoms with Crippen molar-refractivity contribution in [1.82, 2.24) is 9.80 Å². The van der Waals surface area contributed by atoms with E-state index in [-0.39, 0.29) is 17.7 Å². The summed E-state index contributed by atoms with van der Waals surface area (Å²) in [6.45, 7) is 1.47. The number of ether oxygens (including phenoxy) is 2. The van der Waals surface area contributed by atoms with Gasteiger partial charge in [-0.3, -0.25) is 9.59 Å². The lowest BCUT2D eigenvalue weighted by Crippen LogP contribution is -2.45. The van der Waals surface area contributed by atoms with Crippen molar-refractivity contribution >= 4 is 11.8 Å². The van der Waals surface area contributed by atoms with Crippen molar-refractivity contribution in [1.29, 1.82) is 0 Å². The van der Waals surface area contributed by atoms with Crippen LogP contribution in [0.15, 0.2) is 41.0 Å². The summed E-state index contributed by atoms with van der Waals surface area (Å²) in [7, 11) is 4.97. The molecule has 1 fully saturated rings. The number of hydrogen-bond acceptors (Lipinski definition) is 5. The Kier molecular flexibility index (Phi) is 6.23. The predicted molar refractivity (Wildman–Crippen MR) is 103 cm³/mol. The van der Waals surface area contributed by atoms with Gasteiger partial charge in [0.1, 0.15) is 11.5 Å². The number of amides is 2. The molecule has 1 saturated heterocycles. The fraction of sp³-hybridized carbons (Fsp3) is 0.429. The molecule has 1 aromatic heterocycles. The van der Waals surface area contributed by atoms with Crippen LogP contribution in [0.3, 0.4) is 0 Å². The second-order valence-corrected chi connectivity index (χ2v) is 6.94. The molecule has 0 bridgehead atoms. The minimum absolute atomic E-state index is 0.0230. The third-order valence-electron chi connectivity index (χ3n) is 5.07. The summed E-state index contributed by atoms with van der Waals surface area (Å²) in [6.07, 6.45) is 3.04. The van der Waals surface area contributed by atoms with Crippen molar-refractivity contribution in [2.45, 2.75) is 19.4 Å². The van der Waals surface area contributed by atoms with Crippen molar-refractivity contribution in [2.24, 2.45) is 5.92 Å². The number of furan rings is 1. The first-order valence-corrected chi connectivity index (χ1v) is 9.32. The van der Waals surface area contributed by atoms with Crippen LogP contribution in [0.4, 0.5) is 0 Å². The average Bonchev–Trinajstić information content (AvgIpc) is 3.27. The van der Waals surface area contributed by atoms with Gasteiger partial charge >= 0.3 is 0 Å². The predicted octanol–water partition coefficient (Wildman–Crippen LogP) is 2.81. The molecule has 0 aliphatic carbocycles. The van der Waals surface area contributed by atoms with E-state index in [1.165, 1.54) is 6.26 Å². The second kappa shape index (κ2) is 8.82. The number of hydrogen-bond donors (Lipinski definition) is 0. The number of rotatable bonds is 6. The Balaban J connectivity index is 1.65. The summed E-state index contributed by atoms with van der Waals surface area (Å²) >= 11 is 0. The zero-order valence-corrected chi connectivity index (χ0v) is 16.5. The molecule has 2 heterocycles. The highest BCUT2D eigenvalue weighted by atomic mass is 16.5. The van der Waals surface area contributed by atoms with Crippen LogP contribution in [0.25, 0.3) is 0 Å². The molecule has 150 valence electrons. The normalized spacial score (nSPS) is 16.5. The SMILES string of the molecule is COc1ccc(CN(C)C(=O)C2CCCN(C(=O)c3ccco3)C2)c(OC)c1. The number of nitrogens with zero attached hydrogens (tertiary/aromatic N) is 2. The quantitative estimate of drug-likeness (QED) is 0.763. The van der Waals surface area contributed by atoms with Gasteiger partial charge in [-0.15, -0.1) is 0 Å². The van der Waals surface area contributed by atoms with E-state index in [4.69, 9.17) is 13.9 Å². The highest BCUT2D eigenvalue weighted by Crippen LogP contribution is 2.27. The molecule has 1 atom stereocenters. The molecule has 1 aliphatic rings. The number of methoxy groups -OCH3 is 2. The number of piperidine rings is 1. The van der Waals surface area contributed by atoms with Crippen LogP contribution in [0.5, 0.6) is 11.5 Å². The number of benzene rings is 1. The Labute approximate surface area is 164 Å². The van der Waals surface area contributed by atoms with Gasteiger partial charge in [-0.05, 0) is 37.1 Å². The number of likely N-dealkylation sites (tertiary alicyclic amines) is 1. The van der Waals surface area contributed by atoms with Gasteiger partial charge in [-0.25, -0.2) is 0 Å². The molecule has 0 N–H and O–H groups in total. The van der Waals surface area contributed by atoms with Gasteiger partial charge in [0.25, 0.3) is 5.91 Å². The van der Waals surface area contributed by atoms with E-state index in [0.717, 1.165) is 18.4 Å². The third kappa shape index (κ3) is 4.30. The molecular weight excluding hydrogens is 360 g/mol. The van der Waals surface area contributed by atoms with Gasteiger partial charge in [0, 0.05) is 38.3 Å². The first-order chi connectivity index (χ1) is 13.5. The molecule has 28 heavy (non-hydrogen) atoms. The van der Waals surface area contributed by atoms with Crippen LogP contribution in [0.2, 0.25) is 0 Å². The largest absolute Gasteiger partial charge is 0.497 e. The Morgan fingerprint density at radius 2 is 2.07 bits per heavy atom. The molecule has 0 spiro atoms. The molecule has 7 nitrogen and oxygen atoms in total. The molecule has 1 aromatic carbocycles. The van der Waals surface area contributed by atoms with Crippen LogP contribution in [0, 0.1) is 5.92 Å². The minimum Gasteiger partial charge on any atom is -0.497 e. The van der Waals surface area contributed by atoms with Crippen molar-refractivity contribution in [2.75, 3.05) is 34.4 Å². The molecule has 0 saturated carbocycles. The maximum atomic E-state index is 13.0. The first kappa shape index (κ1) is 19.8. The van der Waals surface area contributed by atoms with Gasteiger partial charge < -0.3 is 23.7 Å². The molecule has 2 aromatic rings. The van der Waals surface area contributed by atoms with Crippen LogP contribution in [-0.4, -0.2) is 56.0 Å². The molecule has 3 rings (SSSR count). The van der Waals surface area contributed by atoms with Crippen molar-refractivity contribution < 1.29 is 23.5 Å². The Hall–Kier alpha value is -2.96. The molecule has 7 heteroatoms. The van der Waals surface area contributed by atoms with E-state index in [2.05, 4.69) is 0 Å². The van der Waals surface area contributed by atoms with Crippen molar-refractivity contribution in [3.63, 3.8) is 0 Å². The van der Waals surface area contributed by atoms with Crippen molar-refractivity contribution in [3.8, 4) is 11.5 Å². The summed E-state index contributed by atoms with van der Waals surface area (Å²) in [5.74, 6) is 1.33. The molecule has 1 unspecified atom stereocenters. The van der Waals surface area contributed by atoms with Crippen molar-refractivity contribution in [3.05, 3.63) is 47.9 Å². The fourth-order valence-corrected chi connectivity index (χ4v) is 3.55. The molecule has 0 radical (unpaired) electrons. The lowest BCUT2D eigenvalue weighted by atomic mass is 9.96. The fourth-order valence-electron chi connectivity index (χ4n) is 3.55. The molecule has 2 amide bonds. The van der Waals surface area contributed by atoms with Crippen LogP contribution >= 0.6 is 0 Å². The summed E-state index contributed by atoms with van der Waals surface area (Å²) in [5.41, 5.74) is 0.901. The van der Waals surface area contributed by atoms with Gasteiger partial charge in [0.15, 0.2) is 5.76 Å². The summed E-state index contributed by atoms with van der Waals surface area (Å²) in [6, 6.07) is 8.89. The highest BCUT2D eigenvalue weighted by Gasteiger charge is 2.31. The Morgan fingerprint density at radius 3 is 2.75 bits per heavy atom. The van der Waals surface area contributed by atoms with Gasteiger partial charge in [0.05, 0.1) is 26.4 Å². The third-order valence-corrected chi connectivity index (χ3v) is 5.07. The van der Waals surface area contributed by atoms with E-state index < -0.39 is 0 Å². The molecule has 1 aliphatic heterocycles. The Morgan fingerprint density at radius 1 is 1.25 bits per heavy atom. The van der Waals surface area contributed by atoms with E-state index in [0.29, 0.717) is 36.9 Å². The minimum atomic E-state index is -0.220. The smallest absolute Gasteiger partial charge is 0.289 e. The monoisotopic (exact) mass is 386 g/mol. The maximum absolute atomic E-state index is 13.0. The summed E-state index contributed by atoms with van der Waals surface area (Å²) < 4.78 is 15.8. The average molecular weight is 386 g/mol. The van der Waals surface area contributed by atoms with Gasteiger partial charge in [-0.1, -0.05) is 0 Å². The molecular formula is C21H26N2O5. The maximum Gasteiger partial charge on any atom is 0.289 e. The summed E-state index contributed by atoms with van der Waals surface area (Å²) in [4.78, 5) is 28.9. The highest BCUT2D eigenvalue weighted by molar-refractivity contribution is 5.92. The Bertz CT molecular complexity index is 818. The zero-order chi connectivity index (χ0) is 20.1. The lowest BCUT2D eigenvalue weighted by Gasteiger charge is -2.33. The first-order valence-electron chi connectivity index (χ1n) is 9.32. The number of carbonyl (C=O) groups excluding carboxylic acids is 2. The standard InChI is InChI=1S/C21H26N2O5/c1-22(13-15-8-9-17(26-2)12-19(15)27-3)20(24)16-6-4-10-23(14-16)21(25)18-7-5-11-28-18/h5,7-9,11-12,16H,4,6,10,13-14H2,1-3H3. The topological polar surface area (TPSA) is 72.2 Å². The van der Waals surface area contributed by atoms with Gasteiger partial charge in [-0.2, -0.15) is 0 Å². The van der Waals surface area contributed by atoms with E-state index in [1.807, 2.05) is 12.1 Å². The van der Waals surface area contributed by atoms with Crippen LogP contribution < -0.4 is 9.47 Å². The number of carbonyl (C=O) groups is 2. The second-order valence-electron chi connectivity index (χ2n) is 6.94. The lowest BCUT2D eigenvalue weighted by molar-refractivity contribution is -0.136. The van der Waals surface area contributed by atoms with Crippen LogP contribution in [-0.2, 0) is 11.3 Å². The summed E-state index contributed by atoms with van der Waals surface area (Å²) in [5, 5.41) is 0.